The highest BCUT2D eigenvalue weighted by atomic mass is 16.4. The van der Waals surface area contributed by atoms with Gasteiger partial charge < -0.3 is 15.3 Å². The summed E-state index contributed by atoms with van der Waals surface area (Å²) in [6.45, 7) is 0.451. The van der Waals surface area contributed by atoms with Gasteiger partial charge in [0, 0.05) is 12.6 Å². The fraction of sp³-hybridized carbons (Fsp3) is 0.692. The topological polar surface area (TPSA) is 69.6 Å². The maximum absolute atomic E-state index is 11.9. The smallest absolute Gasteiger partial charge is 0.323 e. The Morgan fingerprint density at radius 1 is 1.28 bits per heavy atom. The Morgan fingerprint density at radius 3 is 2.61 bits per heavy atom. The van der Waals surface area contributed by atoms with Crippen LogP contribution in [0.4, 0.5) is 4.79 Å². The van der Waals surface area contributed by atoms with Gasteiger partial charge in [0.1, 0.15) is 6.54 Å². The molecule has 5 nitrogen and oxygen atoms in total. The van der Waals surface area contributed by atoms with Gasteiger partial charge in [0.05, 0.1) is 0 Å². The van der Waals surface area contributed by atoms with Crippen LogP contribution < -0.4 is 5.32 Å². The molecule has 2 amide bonds. The van der Waals surface area contributed by atoms with Crippen LogP contribution in [0.15, 0.2) is 12.2 Å². The van der Waals surface area contributed by atoms with Crippen LogP contribution in [0.5, 0.6) is 0 Å². The number of amides is 2. The summed E-state index contributed by atoms with van der Waals surface area (Å²) in [6.07, 6.45) is 9.33. The summed E-state index contributed by atoms with van der Waals surface area (Å²) in [5.74, 6) is -0.456. The molecule has 1 atom stereocenters. The zero-order chi connectivity index (χ0) is 13.0. The second-order valence-corrected chi connectivity index (χ2v) is 5.09. The van der Waals surface area contributed by atoms with E-state index < -0.39 is 5.97 Å². The minimum Gasteiger partial charge on any atom is -0.480 e. The molecule has 2 rings (SSSR count). The second-order valence-electron chi connectivity index (χ2n) is 5.09. The molecule has 0 heterocycles. The van der Waals surface area contributed by atoms with E-state index in [1.54, 1.807) is 0 Å². The van der Waals surface area contributed by atoms with Crippen LogP contribution in [-0.2, 0) is 4.79 Å². The number of aliphatic carboxylic acids is 1. The summed E-state index contributed by atoms with van der Waals surface area (Å²) in [4.78, 5) is 24.1. The summed E-state index contributed by atoms with van der Waals surface area (Å²) >= 11 is 0. The first-order valence-electron chi connectivity index (χ1n) is 6.58. The van der Waals surface area contributed by atoms with Gasteiger partial charge in [0.2, 0.25) is 0 Å². The highest BCUT2D eigenvalue weighted by Gasteiger charge is 2.33. The van der Waals surface area contributed by atoms with Gasteiger partial charge >= 0.3 is 12.0 Å². The molecule has 0 aliphatic heterocycles. The van der Waals surface area contributed by atoms with Crippen molar-refractivity contribution in [2.75, 3.05) is 13.1 Å². The SMILES string of the molecule is O=C(O)CN(C(=O)NCC1CC=CCC1)C1CC1. The quantitative estimate of drug-likeness (QED) is 0.730. The zero-order valence-corrected chi connectivity index (χ0v) is 10.5. The van der Waals surface area contributed by atoms with Crippen molar-refractivity contribution in [1.29, 1.82) is 0 Å². The number of allylic oxidation sites excluding steroid dienone is 2. The molecule has 0 radical (unpaired) electrons. The monoisotopic (exact) mass is 252 g/mol. The molecular formula is C13H20N2O3. The van der Waals surface area contributed by atoms with Crippen molar-refractivity contribution in [3.05, 3.63) is 12.2 Å². The highest BCUT2D eigenvalue weighted by molar-refractivity contribution is 5.80. The molecule has 5 heteroatoms. The fourth-order valence-corrected chi connectivity index (χ4v) is 2.27. The third-order valence-electron chi connectivity index (χ3n) is 3.47. The van der Waals surface area contributed by atoms with Gasteiger partial charge in [0.25, 0.3) is 0 Å². The van der Waals surface area contributed by atoms with E-state index in [-0.39, 0.29) is 18.6 Å². The first-order chi connectivity index (χ1) is 8.66. The van der Waals surface area contributed by atoms with Crippen molar-refractivity contribution >= 4 is 12.0 Å². The molecule has 1 unspecified atom stereocenters. The van der Waals surface area contributed by atoms with Gasteiger partial charge in [-0.05, 0) is 38.0 Å². The number of carbonyl (C=O) groups excluding carboxylic acids is 1. The maximum atomic E-state index is 11.9. The van der Waals surface area contributed by atoms with Crippen molar-refractivity contribution in [2.45, 2.75) is 38.1 Å². The van der Waals surface area contributed by atoms with E-state index in [2.05, 4.69) is 17.5 Å². The van der Waals surface area contributed by atoms with Crippen molar-refractivity contribution < 1.29 is 14.7 Å². The molecule has 0 aromatic rings. The zero-order valence-electron chi connectivity index (χ0n) is 10.5. The normalized spacial score (nSPS) is 22.6. The van der Waals surface area contributed by atoms with Gasteiger partial charge in [-0.15, -0.1) is 0 Å². The molecule has 18 heavy (non-hydrogen) atoms. The predicted octanol–water partition coefficient (Wildman–Crippen LogP) is 1.60. The average Bonchev–Trinajstić information content (AvgIpc) is 3.18. The molecule has 2 aliphatic rings. The van der Waals surface area contributed by atoms with Gasteiger partial charge in [-0.1, -0.05) is 12.2 Å². The largest absolute Gasteiger partial charge is 0.480 e. The lowest BCUT2D eigenvalue weighted by Gasteiger charge is -2.23. The Labute approximate surface area is 107 Å². The van der Waals surface area contributed by atoms with Crippen LogP contribution >= 0.6 is 0 Å². The van der Waals surface area contributed by atoms with Crippen molar-refractivity contribution in [3.8, 4) is 0 Å². The highest BCUT2D eigenvalue weighted by Crippen LogP contribution is 2.26. The molecule has 0 spiro atoms. The van der Waals surface area contributed by atoms with Crippen LogP contribution in [0.1, 0.15) is 32.1 Å². The molecule has 1 saturated carbocycles. The van der Waals surface area contributed by atoms with E-state index >= 15 is 0 Å². The number of nitrogens with one attached hydrogen (secondary N) is 1. The lowest BCUT2D eigenvalue weighted by Crippen LogP contribution is -2.45. The minimum absolute atomic E-state index is 0.132. The van der Waals surface area contributed by atoms with E-state index in [9.17, 15) is 9.59 Å². The average molecular weight is 252 g/mol. The van der Waals surface area contributed by atoms with E-state index in [0.717, 1.165) is 32.1 Å². The molecule has 0 aromatic carbocycles. The van der Waals surface area contributed by atoms with Crippen LogP contribution in [0.3, 0.4) is 0 Å². The number of hydrogen-bond acceptors (Lipinski definition) is 2. The predicted molar refractivity (Wildman–Crippen MR) is 67.2 cm³/mol. The third kappa shape index (κ3) is 3.75. The standard InChI is InChI=1S/C13H20N2O3/c16-12(17)9-15(11-6-7-11)13(18)14-8-10-4-2-1-3-5-10/h1-2,10-11H,3-9H2,(H,14,18)(H,16,17). The fourth-order valence-electron chi connectivity index (χ4n) is 2.27. The van der Waals surface area contributed by atoms with E-state index in [1.807, 2.05) is 0 Å². The Balaban J connectivity index is 1.77. The summed E-state index contributed by atoms with van der Waals surface area (Å²) in [5.41, 5.74) is 0. The Morgan fingerprint density at radius 2 is 2.06 bits per heavy atom. The lowest BCUT2D eigenvalue weighted by atomic mass is 9.94. The van der Waals surface area contributed by atoms with Crippen molar-refractivity contribution in [1.82, 2.24) is 10.2 Å². The van der Waals surface area contributed by atoms with Gasteiger partial charge in [-0.2, -0.15) is 0 Å². The van der Waals surface area contributed by atoms with Gasteiger partial charge in [-0.3, -0.25) is 4.79 Å². The molecule has 0 aromatic heterocycles. The van der Waals surface area contributed by atoms with Crippen LogP contribution in [0, 0.1) is 5.92 Å². The summed E-state index contributed by atoms with van der Waals surface area (Å²) in [7, 11) is 0. The number of carbonyl (C=O) groups is 2. The molecule has 2 N–H and O–H groups in total. The number of rotatable bonds is 5. The Kier molecular flexibility index (Phi) is 4.23. The first kappa shape index (κ1) is 12.9. The molecule has 1 fully saturated rings. The summed E-state index contributed by atoms with van der Waals surface area (Å²) < 4.78 is 0. The van der Waals surface area contributed by atoms with Crippen LogP contribution in [0.25, 0.3) is 0 Å². The van der Waals surface area contributed by atoms with Crippen LogP contribution in [-0.4, -0.2) is 41.1 Å². The number of urea groups is 1. The molecule has 0 saturated heterocycles. The minimum atomic E-state index is -0.947. The maximum Gasteiger partial charge on any atom is 0.323 e. The molecule has 0 bridgehead atoms. The lowest BCUT2D eigenvalue weighted by molar-refractivity contribution is -0.137. The van der Waals surface area contributed by atoms with E-state index in [4.69, 9.17) is 5.11 Å². The van der Waals surface area contributed by atoms with E-state index in [0.29, 0.717) is 12.5 Å². The molecular weight excluding hydrogens is 232 g/mol. The molecule has 2 aliphatic carbocycles. The van der Waals surface area contributed by atoms with Crippen molar-refractivity contribution in [2.24, 2.45) is 5.92 Å². The van der Waals surface area contributed by atoms with Gasteiger partial charge in [0.15, 0.2) is 0 Å². The third-order valence-corrected chi connectivity index (χ3v) is 3.47. The first-order valence-corrected chi connectivity index (χ1v) is 6.58. The number of carboxylic acids is 1. The van der Waals surface area contributed by atoms with E-state index in [1.165, 1.54) is 4.90 Å². The van der Waals surface area contributed by atoms with Crippen LogP contribution in [0.2, 0.25) is 0 Å². The number of hydrogen-bond donors (Lipinski definition) is 2. The Hall–Kier alpha value is -1.52. The van der Waals surface area contributed by atoms with Gasteiger partial charge in [-0.25, -0.2) is 4.79 Å². The molecule has 100 valence electrons. The second kappa shape index (κ2) is 5.89. The number of nitrogens with zero attached hydrogens (tertiary/aromatic N) is 1. The Bertz CT molecular complexity index is 350. The van der Waals surface area contributed by atoms with Crippen molar-refractivity contribution in [3.63, 3.8) is 0 Å². The summed E-state index contributed by atoms with van der Waals surface area (Å²) in [6, 6.07) is -0.0956. The number of carboxylic acid groups (broad SMARTS) is 1. The summed E-state index contributed by atoms with van der Waals surface area (Å²) in [5, 5.41) is 11.7.